The molecule has 12 heavy (non-hydrogen) atoms. The zero-order valence-corrected chi connectivity index (χ0v) is 8.34. The molecule has 0 aliphatic carbocycles. The second-order valence-electron chi connectivity index (χ2n) is 4.05. The van der Waals surface area contributed by atoms with Crippen molar-refractivity contribution in [3.8, 4) is 0 Å². The van der Waals surface area contributed by atoms with E-state index in [-0.39, 0.29) is 0 Å². The zero-order valence-electron chi connectivity index (χ0n) is 8.34. The van der Waals surface area contributed by atoms with E-state index in [9.17, 15) is 0 Å². The lowest BCUT2D eigenvalue weighted by Gasteiger charge is -2.34. The van der Waals surface area contributed by atoms with Crippen LogP contribution < -0.4 is 11.1 Å². The van der Waals surface area contributed by atoms with Gasteiger partial charge in [-0.25, -0.2) is 0 Å². The molecule has 3 unspecified atom stereocenters. The van der Waals surface area contributed by atoms with Crippen LogP contribution in [0.3, 0.4) is 0 Å². The Morgan fingerprint density at radius 1 is 1.50 bits per heavy atom. The first kappa shape index (κ1) is 10.0. The lowest BCUT2D eigenvalue weighted by atomic mass is 9.87. The van der Waals surface area contributed by atoms with Gasteiger partial charge in [0.15, 0.2) is 0 Å². The SMILES string of the molecule is CCCCC1NCCC(C)C1N. The third kappa shape index (κ3) is 2.46. The van der Waals surface area contributed by atoms with Gasteiger partial charge in [-0.1, -0.05) is 26.7 Å². The molecule has 0 radical (unpaired) electrons. The van der Waals surface area contributed by atoms with E-state index in [1.807, 2.05) is 0 Å². The monoisotopic (exact) mass is 170 g/mol. The number of nitrogens with two attached hydrogens (primary N) is 1. The van der Waals surface area contributed by atoms with Crippen molar-refractivity contribution in [1.29, 1.82) is 0 Å². The van der Waals surface area contributed by atoms with Gasteiger partial charge in [0, 0.05) is 12.1 Å². The lowest BCUT2D eigenvalue weighted by molar-refractivity contribution is 0.258. The number of piperidine rings is 1. The van der Waals surface area contributed by atoms with Crippen molar-refractivity contribution in [3.63, 3.8) is 0 Å². The van der Waals surface area contributed by atoms with E-state index >= 15 is 0 Å². The number of nitrogens with one attached hydrogen (secondary N) is 1. The number of hydrogen-bond acceptors (Lipinski definition) is 2. The molecule has 1 aliphatic heterocycles. The maximum atomic E-state index is 6.10. The molecule has 72 valence electrons. The highest BCUT2D eigenvalue weighted by molar-refractivity contribution is 4.87. The highest BCUT2D eigenvalue weighted by Crippen LogP contribution is 2.17. The quantitative estimate of drug-likeness (QED) is 0.673. The minimum Gasteiger partial charge on any atom is -0.326 e. The van der Waals surface area contributed by atoms with Gasteiger partial charge in [0.05, 0.1) is 0 Å². The van der Waals surface area contributed by atoms with Crippen LogP contribution in [-0.4, -0.2) is 18.6 Å². The van der Waals surface area contributed by atoms with Crippen LogP contribution in [0.5, 0.6) is 0 Å². The van der Waals surface area contributed by atoms with E-state index in [4.69, 9.17) is 5.73 Å². The minimum absolute atomic E-state index is 0.380. The summed E-state index contributed by atoms with van der Waals surface area (Å²) in [5.41, 5.74) is 6.10. The second-order valence-corrected chi connectivity index (χ2v) is 4.05. The fourth-order valence-electron chi connectivity index (χ4n) is 1.94. The first-order chi connectivity index (χ1) is 5.75. The summed E-state index contributed by atoms with van der Waals surface area (Å²) in [6.07, 6.45) is 5.07. The summed E-state index contributed by atoms with van der Waals surface area (Å²) in [6, 6.07) is 0.957. The van der Waals surface area contributed by atoms with Crippen molar-refractivity contribution >= 4 is 0 Å². The standard InChI is InChI=1S/C10H22N2/c1-3-4-5-9-10(11)8(2)6-7-12-9/h8-10,12H,3-7,11H2,1-2H3. The summed E-state index contributed by atoms with van der Waals surface area (Å²) in [6.45, 7) is 5.66. The third-order valence-electron chi connectivity index (χ3n) is 3.00. The van der Waals surface area contributed by atoms with E-state index in [0.717, 1.165) is 6.54 Å². The molecule has 1 heterocycles. The van der Waals surface area contributed by atoms with Crippen LogP contribution in [0.15, 0.2) is 0 Å². The maximum Gasteiger partial charge on any atom is 0.0221 e. The largest absolute Gasteiger partial charge is 0.326 e. The molecule has 0 aromatic carbocycles. The summed E-state index contributed by atoms with van der Waals surface area (Å²) in [4.78, 5) is 0. The molecule has 1 rings (SSSR count). The number of unbranched alkanes of at least 4 members (excludes halogenated alkanes) is 1. The zero-order chi connectivity index (χ0) is 8.97. The van der Waals surface area contributed by atoms with E-state index < -0.39 is 0 Å². The summed E-state index contributed by atoms with van der Waals surface area (Å²) < 4.78 is 0. The van der Waals surface area contributed by atoms with Crippen molar-refractivity contribution in [2.45, 2.75) is 51.6 Å². The molecule has 2 heteroatoms. The molecule has 0 spiro atoms. The molecule has 0 aromatic heterocycles. The molecule has 1 aliphatic rings. The van der Waals surface area contributed by atoms with Crippen molar-refractivity contribution in [2.75, 3.05) is 6.54 Å². The Kier molecular flexibility index (Phi) is 4.02. The van der Waals surface area contributed by atoms with Crippen LogP contribution in [0.25, 0.3) is 0 Å². The molecule has 0 aromatic rings. The predicted octanol–water partition coefficient (Wildman–Crippen LogP) is 1.50. The van der Waals surface area contributed by atoms with Gasteiger partial charge in [-0.05, 0) is 25.3 Å². The number of rotatable bonds is 3. The fraction of sp³-hybridized carbons (Fsp3) is 1.00. The molecular weight excluding hydrogens is 148 g/mol. The molecule has 2 nitrogen and oxygen atoms in total. The van der Waals surface area contributed by atoms with Gasteiger partial charge in [0.1, 0.15) is 0 Å². The van der Waals surface area contributed by atoms with E-state index in [1.165, 1.54) is 25.7 Å². The van der Waals surface area contributed by atoms with Gasteiger partial charge in [-0.2, -0.15) is 0 Å². The van der Waals surface area contributed by atoms with Gasteiger partial charge in [-0.15, -0.1) is 0 Å². The first-order valence-electron chi connectivity index (χ1n) is 5.24. The summed E-state index contributed by atoms with van der Waals surface area (Å²) >= 11 is 0. The van der Waals surface area contributed by atoms with E-state index in [0.29, 0.717) is 18.0 Å². The summed E-state index contributed by atoms with van der Waals surface area (Å²) in [5, 5.41) is 3.51. The minimum atomic E-state index is 0.380. The van der Waals surface area contributed by atoms with Crippen molar-refractivity contribution < 1.29 is 0 Å². The predicted molar refractivity (Wildman–Crippen MR) is 53.1 cm³/mol. The molecule has 3 atom stereocenters. The van der Waals surface area contributed by atoms with Crippen molar-refractivity contribution in [3.05, 3.63) is 0 Å². The van der Waals surface area contributed by atoms with Crippen molar-refractivity contribution in [1.82, 2.24) is 5.32 Å². The van der Waals surface area contributed by atoms with Gasteiger partial charge in [-0.3, -0.25) is 0 Å². The number of hydrogen-bond donors (Lipinski definition) is 2. The van der Waals surface area contributed by atoms with Crippen LogP contribution in [0.1, 0.15) is 39.5 Å². The van der Waals surface area contributed by atoms with Crippen LogP contribution in [0.4, 0.5) is 0 Å². The Bertz CT molecular complexity index is 125. The average Bonchev–Trinajstić information content (AvgIpc) is 2.08. The average molecular weight is 170 g/mol. The molecule has 1 fully saturated rings. The Balaban J connectivity index is 2.30. The fourth-order valence-corrected chi connectivity index (χ4v) is 1.94. The maximum absolute atomic E-state index is 6.10. The summed E-state index contributed by atoms with van der Waals surface area (Å²) in [5.74, 6) is 0.702. The Labute approximate surface area is 75.9 Å². The highest BCUT2D eigenvalue weighted by Gasteiger charge is 2.26. The second kappa shape index (κ2) is 4.83. The van der Waals surface area contributed by atoms with E-state index in [2.05, 4.69) is 19.2 Å². The molecular formula is C10H22N2. The normalized spacial score (nSPS) is 36.8. The van der Waals surface area contributed by atoms with Crippen LogP contribution in [0.2, 0.25) is 0 Å². The topological polar surface area (TPSA) is 38.0 Å². The molecule has 0 saturated carbocycles. The molecule has 3 N–H and O–H groups in total. The first-order valence-corrected chi connectivity index (χ1v) is 5.24. The van der Waals surface area contributed by atoms with Gasteiger partial charge >= 0.3 is 0 Å². The highest BCUT2D eigenvalue weighted by atomic mass is 15.0. The smallest absolute Gasteiger partial charge is 0.0221 e. The van der Waals surface area contributed by atoms with Gasteiger partial charge < -0.3 is 11.1 Å². The Morgan fingerprint density at radius 2 is 2.25 bits per heavy atom. The summed E-state index contributed by atoms with van der Waals surface area (Å²) in [7, 11) is 0. The molecule has 0 bridgehead atoms. The Morgan fingerprint density at radius 3 is 2.92 bits per heavy atom. The van der Waals surface area contributed by atoms with Gasteiger partial charge in [0.2, 0.25) is 0 Å². The van der Waals surface area contributed by atoms with Crippen LogP contribution >= 0.6 is 0 Å². The van der Waals surface area contributed by atoms with Gasteiger partial charge in [0.25, 0.3) is 0 Å². The Hall–Kier alpha value is -0.0800. The van der Waals surface area contributed by atoms with Crippen molar-refractivity contribution in [2.24, 2.45) is 11.7 Å². The van der Waals surface area contributed by atoms with Crippen LogP contribution in [-0.2, 0) is 0 Å². The van der Waals surface area contributed by atoms with Crippen LogP contribution in [0, 0.1) is 5.92 Å². The molecule has 0 amide bonds. The lowest BCUT2D eigenvalue weighted by Crippen LogP contribution is -2.53. The van der Waals surface area contributed by atoms with E-state index in [1.54, 1.807) is 0 Å². The molecule has 1 saturated heterocycles. The third-order valence-corrected chi connectivity index (χ3v) is 3.00.